The van der Waals surface area contributed by atoms with Crippen LogP contribution in [0.15, 0.2) is 0 Å². The molecule has 2 fully saturated rings. The summed E-state index contributed by atoms with van der Waals surface area (Å²) in [4.78, 5) is 21.9. The molecule has 1 saturated carbocycles. The Bertz CT molecular complexity index is 239. The summed E-state index contributed by atoms with van der Waals surface area (Å²) in [6, 6.07) is 0.410. The Morgan fingerprint density at radius 3 is 2.93 bits per heavy atom. The van der Waals surface area contributed by atoms with Crippen molar-refractivity contribution in [1.29, 1.82) is 0 Å². The van der Waals surface area contributed by atoms with E-state index in [4.69, 9.17) is 0 Å². The second-order valence-electron chi connectivity index (χ2n) is 4.41. The van der Waals surface area contributed by atoms with Crippen LogP contribution >= 0.6 is 0 Å². The van der Waals surface area contributed by atoms with Crippen molar-refractivity contribution < 1.29 is 9.59 Å². The quantitative estimate of drug-likeness (QED) is 0.689. The van der Waals surface area contributed by atoms with Crippen molar-refractivity contribution in [2.75, 3.05) is 0 Å². The largest absolute Gasteiger partial charge is 0.353 e. The van der Waals surface area contributed by atoms with Crippen LogP contribution in [0.4, 0.5) is 0 Å². The van der Waals surface area contributed by atoms with Crippen LogP contribution in [0.25, 0.3) is 0 Å². The minimum atomic E-state index is 0.116. The summed E-state index contributed by atoms with van der Waals surface area (Å²) in [6.45, 7) is 0. The van der Waals surface area contributed by atoms with Crippen molar-refractivity contribution in [1.82, 2.24) is 5.32 Å². The molecular formula is C11H17NO2. The molecular weight excluding hydrogens is 178 g/mol. The Morgan fingerprint density at radius 2 is 2.14 bits per heavy atom. The van der Waals surface area contributed by atoms with Gasteiger partial charge in [0.05, 0.1) is 0 Å². The van der Waals surface area contributed by atoms with Gasteiger partial charge in [0.2, 0.25) is 5.91 Å². The van der Waals surface area contributed by atoms with E-state index in [9.17, 15) is 9.59 Å². The maximum Gasteiger partial charge on any atom is 0.223 e. The van der Waals surface area contributed by atoms with Crippen molar-refractivity contribution >= 4 is 12.2 Å². The molecule has 0 aromatic heterocycles. The van der Waals surface area contributed by atoms with Gasteiger partial charge in [-0.05, 0) is 25.2 Å². The van der Waals surface area contributed by atoms with Crippen LogP contribution in [0.5, 0.6) is 0 Å². The zero-order valence-electron chi connectivity index (χ0n) is 8.37. The predicted octanol–water partition coefficient (Wildman–Crippen LogP) is 1.27. The highest BCUT2D eigenvalue weighted by atomic mass is 16.2. The highest BCUT2D eigenvalue weighted by Crippen LogP contribution is 2.37. The number of carbonyl (C=O) groups excluding carboxylic acids is 2. The van der Waals surface area contributed by atoms with Gasteiger partial charge in [0.15, 0.2) is 0 Å². The molecule has 1 unspecified atom stereocenters. The molecule has 0 aromatic carbocycles. The van der Waals surface area contributed by atoms with Crippen molar-refractivity contribution in [3.05, 3.63) is 0 Å². The molecule has 0 bridgehead atoms. The predicted molar refractivity (Wildman–Crippen MR) is 52.7 cm³/mol. The number of aldehydes is 1. The summed E-state index contributed by atoms with van der Waals surface area (Å²) in [7, 11) is 0. The van der Waals surface area contributed by atoms with Crippen molar-refractivity contribution in [2.45, 2.75) is 44.6 Å². The maximum absolute atomic E-state index is 11.6. The number of hydrogen-bond acceptors (Lipinski definition) is 2. The summed E-state index contributed by atoms with van der Waals surface area (Å²) in [5.41, 5.74) is 0. The van der Waals surface area contributed by atoms with E-state index in [1.54, 1.807) is 0 Å². The molecule has 2 aliphatic rings. The van der Waals surface area contributed by atoms with E-state index in [0.717, 1.165) is 25.5 Å². The summed E-state index contributed by atoms with van der Waals surface area (Å²) in [5.74, 6) is 0.811. The first kappa shape index (κ1) is 9.69. The Morgan fingerprint density at radius 1 is 1.36 bits per heavy atom. The van der Waals surface area contributed by atoms with E-state index in [0.29, 0.717) is 18.4 Å². The molecule has 14 heavy (non-hydrogen) atoms. The number of carbonyl (C=O) groups is 2. The fraction of sp³-hybridized carbons (Fsp3) is 0.818. The molecule has 1 N–H and O–H groups in total. The normalized spacial score (nSPS) is 36.3. The van der Waals surface area contributed by atoms with Crippen LogP contribution in [-0.2, 0) is 9.59 Å². The third kappa shape index (κ3) is 1.68. The Labute approximate surface area is 84.2 Å². The van der Waals surface area contributed by atoms with Crippen molar-refractivity contribution in [3.8, 4) is 0 Å². The second kappa shape index (κ2) is 4.11. The van der Waals surface area contributed by atoms with Crippen LogP contribution in [0.2, 0.25) is 0 Å². The lowest BCUT2D eigenvalue weighted by Crippen LogP contribution is -2.31. The van der Waals surface area contributed by atoms with E-state index in [1.165, 1.54) is 12.8 Å². The summed E-state index contributed by atoms with van der Waals surface area (Å²) < 4.78 is 0. The van der Waals surface area contributed by atoms with E-state index < -0.39 is 0 Å². The molecule has 0 spiro atoms. The van der Waals surface area contributed by atoms with Gasteiger partial charge in [-0.15, -0.1) is 0 Å². The molecule has 2 rings (SSSR count). The standard InChI is InChI=1S/C11H17NO2/c13-7-3-5-9-8-4-1-2-6-10(8)12-11(9)14/h7-10H,1-6H2,(H,12,14)/t8-,9?,10-/m1/s1. The van der Waals surface area contributed by atoms with E-state index in [1.807, 2.05) is 0 Å². The number of amides is 1. The zero-order chi connectivity index (χ0) is 9.97. The van der Waals surface area contributed by atoms with Gasteiger partial charge >= 0.3 is 0 Å². The van der Waals surface area contributed by atoms with E-state index in [-0.39, 0.29) is 11.8 Å². The molecule has 0 aromatic rings. The van der Waals surface area contributed by atoms with Gasteiger partial charge in [0, 0.05) is 18.4 Å². The van der Waals surface area contributed by atoms with Gasteiger partial charge in [-0.2, -0.15) is 0 Å². The number of nitrogens with one attached hydrogen (secondary N) is 1. The van der Waals surface area contributed by atoms with Crippen LogP contribution in [-0.4, -0.2) is 18.2 Å². The SMILES string of the molecule is O=CCCC1C(=O)N[C@@H]2CCCC[C@H]12. The third-order valence-corrected chi connectivity index (χ3v) is 3.60. The van der Waals surface area contributed by atoms with E-state index in [2.05, 4.69) is 5.32 Å². The smallest absolute Gasteiger partial charge is 0.223 e. The van der Waals surface area contributed by atoms with Gasteiger partial charge in [0.1, 0.15) is 6.29 Å². The summed E-state index contributed by atoms with van der Waals surface area (Å²) in [5, 5.41) is 3.06. The zero-order valence-corrected chi connectivity index (χ0v) is 8.37. The molecule has 1 amide bonds. The molecule has 78 valence electrons. The molecule has 1 aliphatic heterocycles. The lowest BCUT2D eigenvalue weighted by Gasteiger charge is -2.26. The monoisotopic (exact) mass is 195 g/mol. The molecule has 1 saturated heterocycles. The average molecular weight is 195 g/mol. The second-order valence-corrected chi connectivity index (χ2v) is 4.41. The van der Waals surface area contributed by atoms with Crippen molar-refractivity contribution in [2.24, 2.45) is 11.8 Å². The maximum atomic E-state index is 11.6. The molecule has 1 heterocycles. The Balaban J connectivity index is 2.00. The minimum absolute atomic E-state index is 0.116. The van der Waals surface area contributed by atoms with Crippen LogP contribution in [0.1, 0.15) is 38.5 Å². The van der Waals surface area contributed by atoms with Gasteiger partial charge in [-0.25, -0.2) is 0 Å². The molecule has 1 aliphatic carbocycles. The van der Waals surface area contributed by atoms with Crippen LogP contribution < -0.4 is 5.32 Å². The van der Waals surface area contributed by atoms with Gasteiger partial charge in [-0.3, -0.25) is 4.79 Å². The van der Waals surface area contributed by atoms with Gasteiger partial charge < -0.3 is 10.1 Å². The highest BCUT2D eigenvalue weighted by molar-refractivity contribution is 5.82. The lowest BCUT2D eigenvalue weighted by atomic mass is 9.78. The number of fused-ring (bicyclic) bond motifs is 1. The first-order valence-corrected chi connectivity index (χ1v) is 5.57. The first-order chi connectivity index (χ1) is 6.83. The Kier molecular flexibility index (Phi) is 2.85. The van der Waals surface area contributed by atoms with Gasteiger partial charge in [0.25, 0.3) is 0 Å². The third-order valence-electron chi connectivity index (χ3n) is 3.60. The van der Waals surface area contributed by atoms with Gasteiger partial charge in [-0.1, -0.05) is 12.8 Å². The van der Waals surface area contributed by atoms with E-state index >= 15 is 0 Å². The minimum Gasteiger partial charge on any atom is -0.353 e. The molecule has 3 nitrogen and oxygen atoms in total. The molecule has 0 radical (unpaired) electrons. The van der Waals surface area contributed by atoms with Crippen LogP contribution in [0, 0.1) is 11.8 Å². The number of rotatable bonds is 3. The summed E-state index contributed by atoms with van der Waals surface area (Å²) in [6.07, 6.45) is 6.97. The Hall–Kier alpha value is -0.860. The highest BCUT2D eigenvalue weighted by Gasteiger charge is 2.42. The lowest BCUT2D eigenvalue weighted by molar-refractivity contribution is -0.123. The summed E-state index contributed by atoms with van der Waals surface area (Å²) >= 11 is 0. The average Bonchev–Trinajstić information content (AvgIpc) is 2.51. The van der Waals surface area contributed by atoms with Crippen molar-refractivity contribution in [3.63, 3.8) is 0 Å². The fourth-order valence-electron chi connectivity index (χ4n) is 2.90. The van der Waals surface area contributed by atoms with Crippen LogP contribution in [0.3, 0.4) is 0 Å². The molecule has 3 atom stereocenters. The fourth-order valence-corrected chi connectivity index (χ4v) is 2.90. The first-order valence-electron chi connectivity index (χ1n) is 5.57. The topological polar surface area (TPSA) is 46.2 Å². The number of hydrogen-bond donors (Lipinski definition) is 1. The molecule has 3 heteroatoms.